The van der Waals surface area contributed by atoms with Crippen molar-refractivity contribution in [2.24, 2.45) is 5.92 Å². The van der Waals surface area contributed by atoms with Crippen LogP contribution in [-0.2, 0) is 11.3 Å². The third kappa shape index (κ3) is 3.97. The van der Waals surface area contributed by atoms with Crippen LogP contribution in [0.25, 0.3) is 22.2 Å². The molecule has 5 heteroatoms. The highest BCUT2D eigenvalue weighted by atomic mass is 16.4. The Bertz CT molecular complexity index is 1120. The number of rotatable bonds is 7. The third-order valence-electron chi connectivity index (χ3n) is 6.75. The smallest absolute Gasteiger partial charge is 0.335 e. The molecule has 2 fully saturated rings. The quantitative estimate of drug-likeness (QED) is 0.557. The molecule has 0 atom stereocenters. The van der Waals surface area contributed by atoms with Crippen LogP contribution in [0.3, 0.4) is 0 Å². The van der Waals surface area contributed by atoms with E-state index in [-0.39, 0.29) is 12.5 Å². The van der Waals surface area contributed by atoms with E-state index in [0.717, 1.165) is 41.5 Å². The van der Waals surface area contributed by atoms with Gasteiger partial charge in [0.2, 0.25) is 5.91 Å². The third-order valence-corrected chi connectivity index (χ3v) is 6.75. The fraction of sp³-hybridized carbons (Fsp3) is 0.385. The number of carbonyl (C=O) groups is 2. The average Bonchev–Trinajstić information content (AvgIpc) is 3.35. The van der Waals surface area contributed by atoms with Gasteiger partial charge in [0, 0.05) is 17.4 Å². The fourth-order valence-corrected chi connectivity index (χ4v) is 4.99. The topological polar surface area (TPSA) is 71.3 Å². The molecule has 2 saturated carbocycles. The monoisotopic (exact) mass is 416 g/mol. The van der Waals surface area contributed by atoms with Gasteiger partial charge in [0.15, 0.2) is 0 Å². The minimum atomic E-state index is -0.921. The van der Waals surface area contributed by atoms with Crippen molar-refractivity contribution < 1.29 is 14.7 Å². The van der Waals surface area contributed by atoms with E-state index in [1.54, 1.807) is 12.1 Å². The van der Waals surface area contributed by atoms with Gasteiger partial charge in [-0.15, -0.1) is 0 Å². The van der Waals surface area contributed by atoms with Crippen molar-refractivity contribution in [2.45, 2.75) is 51.0 Å². The first kappa shape index (κ1) is 19.9. The molecule has 0 bridgehead atoms. The molecule has 0 aliphatic heterocycles. The van der Waals surface area contributed by atoms with Crippen molar-refractivity contribution in [3.8, 4) is 11.3 Å². The normalized spacial score (nSPS) is 16.6. The van der Waals surface area contributed by atoms with Gasteiger partial charge in [-0.3, -0.25) is 4.79 Å². The van der Waals surface area contributed by atoms with E-state index in [9.17, 15) is 14.7 Å². The first-order valence-corrected chi connectivity index (χ1v) is 11.3. The first-order chi connectivity index (χ1) is 15.1. The van der Waals surface area contributed by atoms with Gasteiger partial charge in [-0.2, -0.15) is 0 Å². The van der Waals surface area contributed by atoms with Gasteiger partial charge in [0.05, 0.1) is 11.3 Å². The molecule has 1 amide bonds. The van der Waals surface area contributed by atoms with Gasteiger partial charge in [-0.25, -0.2) is 4.79 Å². The van der Waals surface area contributed by atoms with Crippen LogP contribution in [0.4, 0.5) is 0 Å². The molecule has 2 N–H and O–H groups in total. The summed E-state index contributed by atoms with van der Waals surface area (Å²) in [6, 6.07) is 15.5. The lowest BCUT2D eigenvalue weighted by Crippen LogP contribution is -2.29. The molecule has 2 aliphatic rings. The summed E-state index contributed by atoms with van der Waals surface area (Å²) in [6.07, 6.45) is 6.98. The van der Waals surface area contributed by atoms with Gasteiger partial charge in [0.1, 0.15) is 6.54 Å². The molecular weight excluding hydrogens is 388 g/mol. The van der Waals surface area contributed by atoms with Crippen molar-refractivity contribution in [2.75, 3.05) is 6.54 Å². The molecule has 5 nitrogen and oxygen atoms in total. The molecule has 2 aliphatic carbocycles. The Kier molecular flexibility index (Phi) is 5.26. The second kappa shape index (κ2) is 8.22. The summed E-state index contributed by atoms with van der Waals surface area (Å²) >= 11 is 0. The predicted molar refractivity (Wildman–Crippen MR) is 121 cm³/mol. The van der Waals surface area contributed by atoms with Gasteiger partial charge in [-0.05, 0) is 66.8 Å². The lowest BCUT2D eigenvalue weighted by molar-refractivity contribution is -0.121. The minimum Gasteiger partial charge on any atom is -0.478 e. The maximum absolute atomic E-state index is 12.9. The summed E-state index contributed by atoms with van der Waals surface area (Å²) in [5.74, 6) is 0.111. The highest BCUT2D eigenvalue weighted by molar-refractivity contribution is 5.99. The number of carbonyl (C=O) groups excluding carboxylic acids is 1. The van der Waals surface area contributed by atoms with Gasteiger partial charge in [-0.1, -0.05) is 43.2 Å². The molecule has 5 rings (SSSR count). The number of hydrogen-bond donors (Lipinski definition) is 2. The van der Waals surface area contributed by atoms with E-state index in [1.807, 2.05) is 24.3 Å². The summed E-state index contributed by atoms with van der Waals surface area (Å²) in [6.45, 7) is 0.990. The number of benzene rings is 2. The van der Waals surface area contributed by atoms with Crippen molar-refractivity contribution in [1.29, 1.82) is 0 Å². The largest absolute Gasteiger partial charge is 0.478 e. The molecule has 0 radical (unpaired) electrons. The Hall–Kier alpha value is -3.08. The number of aromatic carboxylic acids is 1. The average molecular weight is 417 g/mol. The lowest BCUT2D eigenvalue weighted by Gasteiger charge is -2.16. The van der Waals surface area contributed by atoms with Crippen molar-refractivity contribution in [3.63, 3.8) is 0 Å². The molecule has 160 valence electrons. The molecule has 1 aromatic heterocycles. The molecule has 2 aromatic carbocycles. The number of carboxylic acid groups (broad SMARTS) is 1. The predicted octanol–water partition coefficient (Wildman–Crippen LogP) is 5.19. The standard InChI is InChI=1S/C26H28N2O3/c29-23(27-15-17-10-11-17)16-28-22-13-12-20(26(30)31)14-21(22)24(18-6-4-5-7-18)25(28)19-8-2-1-3-9-19/h1-3,8-9,12-14,17-18H,4-7,10-11,15-16H2,(H,27,29)(H,30,31). The number of carboxylic acids is 1. The van der Waals surface area contributed by atoms with Crippen LogP contribution >= 0.6 is 0 Å². The van der Waals surface area contributed by atoms with Crippen LogP contribution < -0.4 is 5.32 Å². The Balaban J connectivity index is 1.68. The van der Waals surface area contributed by atoms with Crippen LogP contribution in [0.2, 0.25) is 0 Å². The van der Waals surface area contributed by atoms with E-state index in [0.29, 0.717) is 17.4 Å². The van der Waals surface area contributed by atoms with Gasteiger partial charge >= 0.3 is 5.97 Å². The number of hydrogen-bond acceptors (Lipinski definition) is 2. The van der Waals surface area contributed by atoms with Crippen LogP contribution in [-0.4, -0.2) is 28.1 Å². The SMILES string of the molecule is O=C(Cn1c(-c2ccccc2)c(C2CCCC2)c2cc(C(=O)O)ccc21)NCC1CC1. The molecule has 0 saturated heterocycles. The maximum Gasteiger partial charge on any atom is 0.335 e. The van der Waals surface area contributed by atoms with Crippen molar-refractivity contribution in [1.82, 2.24) is 9.88 Å². The summed E-state index contributed by atoms with van der Waals surface area (Å²) in [7, 11) is 0. The van der Waals surface area contributed by atoms with E-state index in [4.69, 9.17) is 0 Å². The molecule has 31 heavy (non-hydrogen) atoms. The zero-order valence-corrected chi connectivity index (χ0v) is 17.6. The maximum atomic E-state index is 12.9. The molecule has 0 spiro atoms. The highest BCUT2D eigenvalue weighted by Crippen LogP contribution is 2.45. The van der Waals surface area contributed by atoms with Crippen LogP contribution in [0, 0.1) is 5.92 Å². The summed E-state index contributed by atoms with van der Waals surface area (Å²) in [5.41, 5.74) is 4.57. The number of aromatic nitrogens is 1. The Morgan fingerprint density at radius 3 is 2.42 bits per heavy atom. The minimum absolute atomic E-state index is 0.0151. The molecule has 0 unspecified atom stereocenters. The van der Waals surface area contributed by atoms with Crippen molar-refractivity contribution >= 4 is 22.8 Å². The van der Waals surface area contributed by atoms with Crippen molar-refractivity contribution in [3.05, 3.63) is 59.7 Å². The Morgan fingerprint density at radius 2 is 1.74 bits per heavy atom. The zero-order chi connectivity index (χ0) is 21.4. The zero-order valence-electron chi connectivity index (χ0n) is 17.6. The van der Waals surface area contributed by atoms with Crippen LogP contribution in [0.1, 0.15) is 60.4 Å². The van der Waals surface area contributed by atoms with E-state index < -0.39 is 5.97 Å². The summed E-state index contributed by atoms with van der Waals surface area (Å²) < 4.78 is 2.10. The molecular formula is C26H28N2O3. The Labute approximate surface area is 182 Å². The summed E-state index contributed by atoms with van der Waals surface area (Å²) in [4.78, 5) is 24.6. The lowest BCUT2D eigenvalue weighted by atomic mass is 9.91. The Morgan fingerprint density at radius 1 is 1.00 bits per heavy atom. The highest BCUT2D eigenvalue weighted by Gasteiger charge is 2.29. The van der Waals surface area contributed by atoms with E-state index in [1.165, 1.54) is 31.2 Å². The fourth-order valence-electron chi connectivity index (χ4n) is 4.99. The van der Waals surface area contributed by atoms with Crippen LogP contribution in [0.5, 0.6) is 0 Å². The number of nitrogens with zero attached hydrogens (tertiary/aromatic N) is 1. The number of nitrogens with one attached hydrogen (secondary N) is 1. The first-order valence-electron chi connectivity index (χ1n) is 11.3. The molecule has 1 heterocycles. The van der Waals surface area contributed by atoms with Gasteiger partial charge < -0.3 is 15.0 Å². The summed E-state index contributed by atoms with van der Waals surface area (Å²) in [5, 5.41) is 13.7. The second-order valence-corrected chi connectivity index (χ2v) is 8.98. The number of fused-ring (bicyclic) bond motifs is 1. The molecule has 3 aromatic rings. The van der Waals surface area contributed by atoms with Crippen LogP contribution in [0.15, 0.2) is 48.5 Å². The van der Waals surface area contributed by atoms with E-state index >= 15 is 0 Å². The number of amides is 1. The van der Waals surface area contributed by atoms with Gasteiger partial charge in [0.25, 0.3) is 0 Å². The second-order valence-electron chi connectivity index (χ2n) is 8.98. The van der Waals surface area contributed by atoms with E-state index in [2.05, 4.69) is 22.0 Å².